The van der Waals surface area contributed by atoms with Crippen molar-refractivity contribution >= 4 is 34.2 Å². The maximum atomic E-state index is 14.9. The van der Waals surface area contributed by atoms with Crippen LogP contribution in [0.15, 0.2) is 29.1 Å². The summed E-state index contributed by atoms with van der Waals surface area (Å²) in [6, 6.07) is 6.47. The largest absolute Gasteiger partial charge is 0.464 e. The fourth-order valence-electron chi connectivity index (χ4n) is 3.73. The number of rotatable bonds is 5. The first kappa shape index (κ1) is 21.2. The van der Waals surface area contributed by atoms with Gasteiger partial charge in [-0.15, -0.1) is 0 Å². The molecule has 0 bridgehead atoms. The third kappa shape index (κ3) is 3.76. The molecule has 0 saturated heterocycles. The lowest BCUT2D eigenvalue weighted by molar-refractivity contribution is 0.0595. The van der Waals surface area contributed by atoms with Crippen molar-refractivity contribution in [3.8, 4) is 0 Å². The number of anilines is 1. The number of aryl methyl sites for hydroxylation is 1. The predicted molar refractivity (Wildman–Crippen MR) is 116 cm³/mol. The van der Waals surface area contributed by atoms with Crippen LogP contribution in [-0.4, -0.2) is 27.6 Å². The number of carbonyl (C=O) groups is 1. The molecule has 31 heavy (non-hydrogen) atoms. The normalized spacial score (nSPS) is 15.5. The summed E-state index contributed by atoms with van der Waals surface area (Å²) in [5.41, 5.74) is 0.643. The molecule has 0 amide bonds. The number of fused-ring (bicyclic) bond motifs is 1. The van der Waals surface area contributed by atoms with Gasteiger partial charge < -0.3 is 10.1 Å². The van der Waals surface area contributed by atoms with Gasteiger partial charge in [0.05, 0.1) is 29.7 Å². The Hall–Kier alpha value is -3.00. The van der Waals surface area contributed by atoms with E-state index in [0.29, 0.717) is 35.0 Å². The van der Waals surface area contributed by atoms with Crippen LogP contribution in [-0.2, 0) is 17.5 Å². The minimum absolute atomic E-state index is 0.0454. The number of pyridine rings is 1. The molecular weight excluding hydrogens is 423 g/mol. The first-order valence-corrected chi connectivity index (χ1v) is 10.2. The molecular formula is C22H22ClFN4O3. The van der Waals surface area contributed by atoms with Crippen LogP contribution in [0.3, 0.4) is 0 Å². The maximum Gasteiger partial charge on any atom is 0.358 e. The molecule has 1 atom stereocenters. The highest BCUT2D eigenvalue weighted by Gasteiger charge is 2.48. The topological polar surface area (TPSA) is 86.1 Å². The highest BCUT2D eigenvalue weighted by atomic mass is 35.5. The first-order valence-electron chi connectivity index (χ1n) is 9.86. The third-order valence-electron chi connectivity index (χ3n) is 5.52. The number of hydrogen-bond acceptors (Lipinski definition) is 6. The van der Waals surface area contributed by atoms with E-state index in [0.717, 1.165) is 5.56 Å². The van der Waals surface area contributed by atoms with Gasteiger partial charge in [0.1, 0.15) is 11.0 Å². The molecule has 3 aromatic rings. The minimum Gasteiger partial charge on any atom is -0.464 e. The van der Waals surface area contributed by atoms with Crippen molar-refractivity contribution in [3.05, 3.63) is 62.4 Å². The van der Waals surface area contributed by atoms with E-state index < -0.39 is 11.6 Å². The van der Waals surface area contributed by atoms with E-state index in [4.69, 9.17) is 16.3 Å². The van der Waals surface area contributed by atoms with Crippen molar-refractivity contribution in [2.45, 2.75) is 38.4 Å². The molecule has 1 N–H and O–H groups in total. The van der Waals surface area contributed by atoms with Gasteiger partial charge in [-0.25, -0.2) is 19.2 Å². The first-order chi connectivity index (χ1) is 14.6. The van der Waals surface area contributed by atoms with Gasteiger partial charge in [0.2, 0.25) is 0 Å². The quantitative estimate of drug-likeness (QED) is 0.468. The number of esters is 1. The number of nitrogens with zero attached hydrogens (tertiary/aromatic N) is 3. The second-order valence-corrected chi connectivity index (χ2v) is 8.29. The van der Waals surface area contributed by atoms with Gasteiger partial charge in [-0.2, -0.15) is 0 Å². The summed E-state index contributed by atoms with van der Waals surface area (Å²) in [6.45, 7) is 3.75. The van der Waals surface area contributed by atoms with Crippen LogP contribution in [0.4, 0.5) is 10.1 Å². The Bertz CT molecular complexity index is 1270. The van der Waals surface area contributed by atoms with Crippen LogP contribution < -0.4 is 10.9 Å². The zero-order valence-electron chi connectivity index (χ0n) is 17.6. The van der Waals surface area contributed by atoms with Crippen LogP contribution in [0, 0.1) is 6.92 Å². The highest BCUT2D eigenvalue weighted by Crippen LogP contribution is 2.48. The standard InChI is InChI=1S/C22H22ClFN4O3/c1-11-9-13(12(2)25-15-5-6-16(23)26-18(15)20(30)31-4)17-14(10-11)19(29)28(3)21(27-17)22(24)7-8-22/h5-6,9-10,12,25H,7-8H2,1-4H3/t12-/m1/s1. The Balaban J connectivity index is 1.84. The van der Waals surface area contributed by atoms with E-state index in [9.17, 15) is 14.0 Å². The average Bonchev–Trinajstić information content (AvgIpc) is 3.49. The smallest absolute Gasteiger partial charge is 0.358 e. The molecule has 0 aliphatic heterocycles. The van der Waals surface area contributed by atoms with Gasteiger partial charge in [0, 0.05) is 12.6 Å². The summed E-state index contributed by atoms with van der Waals surface area (Å²) in [5, 5.41) is 3.81. The zero-order valence-corrected chi connectivity index (χ0v) is 18.4. The van der Waals surface area contributed by atoms with E-state index in [-0.39, 0.29) is 28.3 Å². The molecule has 1 aliphatic carbocycles. The molecule has 0 radical (unpaired) electrons. The summed E-state index contributed by atoms with van der Waals surface area (Å²) >= 11 is 5.94. The number of nitrogens with one attached hydrogen (secondary N) is 1. The molecule has 2 heterocycles. The van der Waals surface area contributed by atoms with Crippen molar-refractivity contribution < 1.29 is 13.9 Å². The van der Waals surface area contributed by atoms with Crippen molar-refractivity contribution in [2.24, 2.45) is 7.05 Å². The maximum absolute atomic E-state index is 14.9. The van der Waals surface area contributed by atoms with Crippen molar-refractivity contribution in [2.75, 3.05) is 12.4 Å². The monoisotopic (exact) mass is 444 g/mol. The second-order valence-electron chi connectivity index (χ2n) is 7.90. The number of ether oxygens (including phenoxy) is 1. The molecule has 162 valence electrons. The lowest BCUT2D eigenvalue weighted by atomic mass is 10.0. The number of aromatic nitrogens is 3. The fourth-order valence-corrected chi connectivity index (χ4v) is 3.88. The summed E-state index contributed by atoms with van der Waals surface area (Å²) in [6.07, 6.45) is 0.708. The molecule has 1 saturated carbocycles. The summed E-state index contributed by atoms with van der Waals surface area (Å²) in [4.78, 5) is 33.8. The molecule has 1 fully saturated rings. The molecule has 9 heteroatoms. The summed E-state index contributed by atoms with van der Waals surface area (Å²) in [7, 11) is 2.81. The van der Waals surface area contributed by atoms with E-state index in [1.165, 1.54) is 11.7 Å². The van der Waals surface area contributed by atoms with E-state index in [1.807, 2.05) is 19.9 Å². The van der Waals surface area contributed by atoms with Crippen LogP contribution in [0.1, 0.15) is 53.2 Å². The second kappa shape index (κ2) is 7.60. The van der Waals surface area contributed by atoms with Gasteiger partial charge in [-0.1, -0.05) is 17.7 Å². The number of halogens is 2. The summed E-state index contributed by atoms with van der Waals surface area (Å²) < 4.78 is 21.0. The number of hydrogen-bond donors (Lipinski definition) is 1. The molecule has 7 nitrogen and oxygen atoms in total. The van der Waals surface area contributed by atoms with E-state index in [2.05, 4.69) is 15.3 Å². The molecule has 2 aromatic heterocycles. The number of alkyl halides is 1. The van der Waals surface area contributed by atoms with Crippen LogP contribution >= 0.6 is 11.6 Å². The van der Waals surface area contributed by atoms with Gasteiger partial charge in [0.15, 0.2) is 11.4 Å². The van der Waals surface area contributed by atoms with E-state index >= 15 is 0 Å². The Kier molecular flexibility index (Phi) is 5.21. The average molecular weight is 445 g/mol. The van der Waals surface area contributed by atoms with Crippen LogP contribution in [0.2, 0.25) is 5.15 Å². The van der Waals surface area contributed by atoms with Gasteiger partial charge in [-0.05, 0) is 50.5 Å². The molecule has 0 unspecified atom stereocenters. The number of carbonyl (C=O) groups excluding carboxylic acids is 1. The summed E-state index contributed by atoms with van der Waals surface area (Å²) in [5.74, 6) is -0.487. The Morgan fingerprint density at radius 1 is 1.32 bits per heavy atom. The van der Waals surface area contributed by atoms with Crippen molar-refractivity contribution in [1.29, 1.82) is 0 Å². The molecule has 4 rings (SSSR count). The van der Waals surface area contributed by atoms with Crippen LogP contribution in [0.5, 0.6) is 0 Å². The van der Waals surface area contributed by atoms with Gasteiger partial charge in [-0.3, -0.25) is 9.36 Å². The van der Waals surface area contributed by atoms with Gasteiger partial charge >= 0.3 is 5.97 Å². The SMILES string of the molecule is COC(=O)c1nc(Cl)ccc1N[C@H](C)c1cc(C)cc2c(=O)n(C)c(C3(F)CC3)nc12. The Labute approximate surface area is 183 Å². The van der Waals surface area contributed by atoms with Gasteiger partial charge in [0.25, 0.3) is 5.56 Å². The zero-order chi connectivity index (χ0) is 22.5. The molecule has 0 spiro atoms. The Morgan fingerprint density at radius 3 is 2.68 bits per heavy atom. The highest BCUT2D eigenvalue weighted by molar-refractivity contribution is 6.29. The number of benzene rings is 1. The lowest BCUT2D eigenvalue weighted by Gasteiger charge is -2.20. The van der Waals surface area contributed by atoms with Crippen molar-refractivity contribution in [1.82, 2.24) is 14.5 Å². The lowest BCUT2D eigenvalue weighted by Crippen LogP contribution is -2.26. The predicted octanol–water partition coefficient (Wildman–Crippen LogP) is 4.21. The molecule has 1 aromatic carbocycles. The Morgan fingerprint density at radius 2 is 2.03 bits per heavy atom. The van der Waals surface area contributed by atoms with E-state index in [1.54, 1.807) is 25.2 Å². The third-order valence-corrected chi connectivity index (χ3v) is 5.73. The fraction of sp³-hybridized carbons (Fsp3) is 0.364. The number of methoxy groups -OCH3 is 1. The van der Waals surface area contributed by atoms with Crippen molar-refractivity contribution in [3.63, 3.8) is 0 Å². The molecule has 1 aliphatic rings. The minimum atomic E-state index is -1.56. The van der Waals surface area contributed by atoms with Crippen LogP contribution in [0.25, 0.3) is 10.9 Å².